The smallest absolute Gasteiger partial charge is 0.310 e. The van der Waals surface area contributed by atoms with Gasteiger partial charge in [0, 0.05) is 5.92 Å². The number of fused-ring (bicyclic) bond motifs is 1. The SMILES string of the molecule is O=C1O[C@H]2C3CC([C@@H]2I)[C@H](C(=O)OCc2ccccc2)[C@H]13. The molecule has 0 amide bonds. The summed E-state index contributed by atoms with van der Waals surface area (Å²) < 4.78 is 11.1. The van der Waals surface area contributed by atoms with Gasteiger partial charge in [0.05, 0.1) is 15.8 Å². The number of carbonyl (C=O) groups is 2. The zero-order valence-corrected chi connectivity index (χ0v) is 13.4. The Kier molecular flexibility index (Phi) is 3.20. The molecule has 2 saturated carbocycles. The van der Waals surface area contributed by atoms with Crippen molar-refractivity contribution in [2.24, 2.45) is 23.7 Å². The number of esters is 2. The van der Waals surface area contributed by atoms with E-state index in [2.05, 4.69) is 22.6 Å². The summed E-state index contributed by atoms with van der Waals surface area (Å²) >= 11 is 2.33. The zero-order valence-electron chi connectivity index (χ0n) is 11.3. The highest BCUT2D eigenvalue weighted by molar-refractivity contribution is 14.1. The molecule has 110 valence electrons. The Labute approximate surface area is 136 Å². The van der Waals surface area contributed by atoms with Gasteiger partial charge < -0.3 is 9.47 Å². The van der Waals surface area contributed by atoms with Crippen LogP contribution in [0, 0.1) is 23.7 Å². The third-order valence-electron chi connectivity index (χ3n) is 5.02. The Balaban J connectivity index is 1.49. The van der Waals surface area contributed by atoms with Crippen molar-refractivity contribution in [3.63, 3.8) is 0 Å². The zero-order chi connectivity index (χ0) is 14.6. The van der Waals surface area contributed by atoms with Gasteiger partial charge in [0.15, 0.2) is 0 Å². The summed E-state index contributed by atoms with van der Waals surface area (Å²) in [7, 11) is 0. The van der Waals surface area contributed by atoms with Crippen LogP contribution in [0.2, 0.25) is 0 Å². The molecule has 3 aliphatic rings. The maximum Gasteiger partial charge on any atom is 0.310 e. The number of benzene rings is 1. The first-order chi connectivity index (χ1) is 10.2. The molecule has 2 unspecified atom stereocenters. The van der Waals surface area contributed by atoms with Crippen molar-refractivity contribution in [2.45, 2.75) is 23.1 Å². The Morgan fingerprint density at radius 1 is 1.29 bits per heavy atom. The first kappa shape index (κ1) is 13.5. The summed E-state index contributed by atoms with van der Waals surface area (Å²) in [4.78, 5) is 24.4. The van der Waals surface area contributed by atoms with Crippen LogP contribution in [0.1, 0.15) is 12.0 Å². The lowest BCUT2D eigenvalue weighted by molar-refractivity contribution is -0.156. The average molecular weight is 398 g/mol. The summed E-state index contributed by atoms with van der Waals surface area (Å²) in [5, 5.41) is 0. The van der Waals surface area contributed by atoms with Gasteiger partial charge in [-0.25, -0.2) is 0 Å². The summed E-state index contributed by atoms with van der Waals surface area (Å²) in [5.41, 5.74) is 0.965. The van der Waals surface area contributed by atoms with Crippen LogP contribution >= 0.6 is 22.6 Å². The first-order valence-corrected chi connectivity index (χ1v) is 8.46. The summed E-state index contributed by atoms with van der Waals surface area (Å²) in [5.74, 6) is -0.580. The Hall–Kier alpha value is -1.11. The van der Waals surface area contributed by atoms with Crippen LogP contribution in [-0.2, 0) is 25.7 Å². The first-order valence-electron chi connectivity index (χ1n) is 7.22. The standard InChI is InChI=1S/C16H15IO4/c17-13-9-6-10-12(16(19)21-14(10)13)11(9)15(18)20-7-8-4-2-1-3-5-8/h1-5,9-14H,6-7H2/t9?,10?,11-,12+,13-,14-/m0/s1. The van der Waals surface area contributed by atoms with Crippen LogP contribution in [0.15, 0.2) is 30.3 Å². The van der Waals surface area contributed by atoms with E-state index in [4.69, 9.17) is 9.47 Å². The van der Waals surface area contributed by atoms with Crippen LogP contribution in [0.3, 0.4) is 0 Å². The molecule has 0 aromatic heterocycles. The maximum absolute atomic E-state index is 12.5. The molecule has 0 radical (unpaired) electrons. The second-order valence-corrected chi connectivity index (χ2v) is 7.49. The maximum atomic E-state index is 12.5. The molecule has 1 saturated heterocycles. The van der Waals surface area contributed by atoms with Gasteiger partial charge in [0.1, 0.15) is 12.7 Å². The van der Waals surface area contributed by atoms with Crippen molar-refractivity contribution >= 4 is 34.5 Å². The molecule has 1 aromatic rings. The van der Waals surface area contributed by atoms with Crippen molar-refractivity contribution in [2.75, 3.05) is 0 Å². The van der Waals surface area contributed by atoms with Gasteiger partial charge in [0.2, 0.25) is 0 Å². The third-order valence-corrected chi connectivity index (χ3v) is 6.65. The number of halogens is 1. The van der Waals surface area contributed by atoms with Crippen LogP contribution in [0.25, 0.3) is 0 Å². The van der Waals surface area contributed by atoms with E-state index in [0.717, 1.165) is 12.0 Å². The third kappa shape index (κ3) is 2.00. The fourth-order valence-corrected chi connectivity index (χ4v) is 5.54. The molecule has 1 aliphatic heterocycles. The van der Waals surface area contributed by atoms with Crippen LogP contribution in [0.4, 0.5) is 0 Å². The van der Waals surface area contributed by atoms with Gasteiger partial charge in [0.25, 0.3) is 0 Å². The summed E-state index contributed by atoms with van der Waals surface area (Å²) in [6.45, 7) is 0.269. The van der Waals surface area contributed by atoms with Gasteiger partial charge >= 0.3 is 11.9 Å². The molecule has 5 heteroatoms. The molecule has 0 spiro atoms. The number of rotatable bonds is 3. The van der Waals surface area contributed by atoms with E-state index < -0.39 is 0 Å². The quantitative estimate of drug-likeness (QED) is 0.446. The van der Waals surface area contributed by atoms with Gasteiger partial charge in [-0.1, -0.05) is 52.9 Å². The number of hydrogen-bond acceptors (Lipinski definition) is 4. The summed E-state index contributed by atoms with van der Waals surface area (Å²) in [6, 6.07) is 9.61. The second kappa shape index (κ2) is 4.97. The van der Waals surface area contributed by atoms with Crippen molar-refractivity contribution in [3.05, 3.63) is 35.9 Å². The molecule has 1 aromatic carbocycles. The highest BCUT2D eigenvalue weighted by Crippen LogP contribution is 2.60. The van der Waals surface area contributed by atoms with E-state index in [1.54, 1.807) is 0 Å². The number of carbonyl (C=O) groups excluding carboxylic acids is 2. The molecular formula is C16H15IO4. The molecule has 2 aliphatic carbocycles. The Bertz CT molecular complexity index is 587. The van der Waals surface area contributed by atoms with E-state index in [1.165, 1.54) is 0 Å². The molecule has 4 nitrogen and oxygen atoms in total. The molecule has 21 heavy (non-hydrogen) atoms. The largest absolute Gasteiger partial charge is 0.461 e. The minimum Gasteiger partial charge on any atom is -0.461 e. The van der Waals surface area contributed by atoms with E-state index in [-0.39, 0.29) is 52.2 Å². The highest BCUT2D eigenvalue weighted by atomic mass is 127. The monoisotopic (exact) mass is 398 g/mol. The lowest BCUT2D eigenvalue weighted by Crippen LogP contribution is -2.38. The summed E-state index contributed by atoms with van der Waals surface area (Å²) in [6.07, 6.45) is 0.936. The van der Waals surface area contributed by atoms with Crippen LogP contribution < -0.4 is 0 Å². The fraction of sp³-hybridized carbons (Fsp3) is 0.500. The molecule has 0 N–H and O–H groups in total. The van der Waals surface area contributed by atoms with Crippen LogP contribution in [-0.4, -0.2) is 22.0 Å². The van der Waals surface area contributed by atoms with Crippen molar-refractivity contribution in [3.8, 4) is 0 Å². The highest BCUT2D eigenvalue weighted by Gasteiger charge is 2.68. The average Bonchev–Trinajstić information content (AvgIpc) is 3.10. The molecule has 3 fully saturated rings. The van der Waals surface area contributed by atoms with Crippen molar-refractivity contribution < 1.29 is 19.1 Å². The number of alkyl halides is 1. The van der Waals surface area contributed by atoms with E-state index >= 15 is 0 Å². The Morgan fingerprint density at radius 2 is 2.05 bits per heavy atom. The predicted molar refractivity (Wildman–Crippen MR) is 82.5 cm³/mol. The molecule has 4 rings (SSSR count). The van der Waals surface area contributed by atoms with Crippen molar-refractivity contribution in [1.29, 1.82) is 0 Å². The van der Waals surface area contributed by atoms with E-state index in [1.807, 2.05) is 30.3 Å². The van der Waals surface area contributed by atoms with Gasteiger partial charge in [-0.15, -0.1) is 0 Å². The normalized spacial score (nSPS) is 39.4. The minimum atomic E-state index is -0.313. The molecule has 6 atom stereocenters. The Morgan fingerprint density at radius 3 is 2.81 bits per heavy atom. The minimum absolute atomic E-state index is 0.0197. The van der Waals surface area contributed by atoms with Crippen LogP contribution in [0.5, 0.6) is 0 Å². The van der Waals surface area contributed by atoms with Gasteiger partial charge in [-0.3, -0.25) is 9.59 Å². The van der Waals surface area contributed by atoms with Gasteiger partial charge in [-0.05, 0) is 17.9 Å². The van der Waals surface area contributed by atoms with Gasteiger partial charge in [-0.2, -0.15) is 0 Å². The topological polar surface area (TPSA) is 52.6 Å². The molecular weight excluding hydrogens is 383 g/mol. The number of ether oxygens (including phenoxy) is 2. The number of hydrogen-bond donors (Lipinski definition) is 0. The van der Waals surface area contributed by atoms with Crippen molar-refractivity contribution in [1.82, 2.24) is 0 Å². The lowest BCUT2D eigenvalue weighted by atomic mass is 9.80. The predicted octanol–water partition coefficient (Wildman–Crippen LogP) is 2.34. The van der Waals surface area contributed by atoms with E-state index in [0.29, 0.717) is 0 Å². The molecule has 2 bridgehead atoms. The second-order valence-electron chi connectivity index (χ2n) is 6.05. The molecule has 1 heterocycles. The van der Waals surface area contributed by atoms with E-state index in [9.17, 15) is 9.59 Å². The fourth-order valence-electron chi connectivity index (χ4n) is 4.12. The lowest BCUT2D eigenvalue weighted by Gasteiger charge is -2.26.